The number of hydroxylamine groups is 2. The van der Waals surface area contributed by atoms with Gasteiger partial charge in [-0.15, -0.1) is 6.58 Å². The molecule has 0 aromatic carbocycles. The second-order valence-electron chi connectivity index (χ2n) is 11.5. The molecule has 0 aromatic rings. The van der Waals surface area contributed by atoms with Crippen LogP contribution >= 0.6 is 0 Å². The number of hydrogen-bond donors (Lipinski definition) is 1. The van der Waals surface area contributed by atoms with E-state index in [1.54, 1.807) is 6.92 Å². The minimum atomic E-state index is -2.38. The molecule has 14 heteroatoms. The lowest BCUT2D eigenvalue weighted by atomic mass is 9.79. The Balaban J connectivity index is 3.34. The average Bonchev–Trinajstić information content (AvgIpc) is 2.92. The lowest BCUT2D eigenvalue weighted by molar-refractivity contribution is -0.180. The molecule has 1 unspecified atom stereocenters. The number of nitrogens with one attached hydrogen (secondary N) is 1. The highest BCUT2D eigenvalue weighted by molar-refractivity contribution is 6.74. The molecule has 4 amide bonds. The van der Waals surface area contributed by atoms with Crippen molar-refractivity contribution >= 4 is 44.4 Å². The molecule has 0 aromatic heterocycles. The van der Waals surface area contributed by atoms with Crippen molar-refractivity contribution in [3.63, 3.8) is 0 Å². The Hall–Kier alpha value is -3.62. The van der Waals surface area contributed by atoms with E-state index in [0.717, 1.165) is 5.06 Å². The number of alkyl carbamates (subject to hydrolysis) is 1. The fourth-order valence-electron chi connectivity index (χ4n) is 4.10. The molecule has 1 N–H and O–H groups in total. The highest BCUT2D eigenvalue weighted by Gasteiger charge is 2.57. The van der Waals surface area contributed by atoms with Crippen LogP contribution in [0.3, 0.4) is 0 Å². The number of β-lactam (4-membered cyclic amide) rings is 1. The number of Topliss-reactive ketones (excluding diaryl/α,β-unsaturated/α-hetero) is 1. The predicted octanol–water partition coefficient (Wildman–Crippen LogP) is 2.54. The molecule has 0 saturated carbocycles. The Morgan fingerprint density at radius 3 is 2.16 bits per heavy atom. The van der Waals surface area contributed by atoms with Gasteiger partial charge in [-0.1, -0.05) is 52.2 Å². The van der Waals surface area contributed by atoms with E-state index in [9.17, 15) is 28.8 Å². The number of carbonyl (C=O) groups excluding carboxylic acids is 6. The molecule has 0 radical (unpaired) electrons. The van der Waals surface area contributed by atoms with Crippen molar-refractivity contribution in [1.82, 2.24) is 15.3 Å². The number of carbonyl (C=O) groups is 6. The molecule has 43 heavy (non-hydrogen) atoms. The number of rotatable bonds is 18. The molecule has 0 aliphatic carbocycles. The Labute approximate surface area is 254 Å². The summed E-state index contributed by atoms with van der Waals surface area (Å²) in [6.45, 7) is 21.4. The molecule has 1 rings (SSSR count). The summed E-state index contributed by atoms with van der Waals surface area (Å²) in [6, 6.07) is -1.04. The zero-order valence-corrected chi connectivity index (χ0v) is 27.0. The van der Waals surface area contributed by atoms with Crippen LogP contribution in [0.4, 0.5) is 4.79 Å². The summed E-state index contributed by atoms with van der Waals surface area (Å²) < 4.78 is 16.2. The van der Waals surface area contributed by atoms with E-state index >= 15 is 0 Å². The first kappa shape index (κ1) is 37.4. The lowest BCUT2D eigenvalue weighted by Crippen LogP contribution is -2.69. The van der Waals surface area contributed by atoms with E-state index in [2.05, 4.69) is 25.1 Å². The molecule has 1 aliphatic heterocycles. The zero-order chi connectivity index (χ0) is 33.0. The second-order valence-corrected chi connectivity index (χ2v) is 16.3. The van der Waals surface area contributed by atoms with Crippen LogP contribution in [0.1, 0.15) is 34.1 Å². The summed E-state index contributed by atoms with van der Waals surface area (Å²) in [4.78, 5) is 82.0. The van der Waals surface area contributed by atoms with Gasteiger partial charge in [0, 0.05) is 13.0 Å². The smallest absolute Gasteiger partial charge is 0.407 e. The van der Waals surface area contributed by atoms with E-state index in [1.165, 1.54) is 18.2 Å². The van der Waals surface area contributed by atoms with E-state index in [4.69, 9.17) is 18.7 Å². The molecule has 1 saturated heterocycles. The van der Waals surface area contributed by atoms with Crippen molar-refractivity contribution in [2.75, 3.05) is 32.9 Å². The Kier molecular flexibility index (Phi) is 14.7. The minimum absolute atomic E-state index is 0.0228. The highest BCUT2D eigenvalue weighted by atomic mass is 28.4. The molecular weight excluding hydrogens is 578 g/mol. The summed E-state index contributed by atoms with van der Waals surface area (Å²) in [5.74, 6) is -5.63. The Morgan fingerprint density at radius 2 is 1.63 bits per heavy atom. The molecule has 0 spiro atoms. The van der Waals surface area contributed by atoms with Crippen molar-refractivity contribution in [2.24, 2.45) is 11.8 Å². The molecular formula is C29H45N3O10Si. The fraction of sp³-hybridized carbons (Fsp3) is 0.586. The van der Waals surface area contributed by atoms with Crippen molar-refractivity contribution in [3.05, 3.63) is 38.0 Å². The molecule has 4 atom stereocenters. The van der Waals surface area contributed by atoms with Crippen molar-refractivity contribution in [3.8, 4) is 0 Å². The normalized spacial score (nSPS) is 17.9. The first-order valence-electron chi connectivity index (χ1n) is 13.9. The molecule has 1 aliphatic rings. The summed E-state index contributed by atoms with van der Waals surface area (Å²) in [7, 11) is -2.38. The first-order chi connectivity index (χ1) is 20.1. The van der Waals surface area contributed by atoms with Gasteiger partial charge in [0.25, 0.3) is 0 Å². The van der Waals surface area contributed by atoms with Crippen LogP contribution in [0.15, 0.2) is 38.0 Å². The SMILES string of the molecule is C=CCOC(=O)NCC(CN(C=O)OCC=C)C(=O)C[C@@H]1[C@@H]([C@@H](C)O[Si](C)(C)C(C)(C)C)C(=O)N1C(=O)C(=O)OCC=C. The largest absolute Gasteiger partial charge is 0.454 e. The Morgan fingerprint density at radius 1 is 1.05 bits per heavy atom. The van der Waals surface area contributed by atoms with Gasteiger partial charge >= 0.3 is 18.0 Å². The zero-order valence-electron chi connectivity index (χ0n) is 26.0. The highest BCUT2D eigenvalue weighted by Crippen LogP contribution is 2.41. The Bertz CT molecular complexity index is 1070. The third kappa shape index (κ3) is 10.6. The topological polar surface area (TPSA) is 158 Å². The number of imide groups is 1. The molecule has 13 nitrogen and oxygen atoms in total. The summed E-state index contributed by atoms with van der Waals surface area (Å²) in [6.07, 6.45) is 2.52. The number of ether oxygens (including phenoxy) is 2. The number of amides is 4. The summed E-state index contributed by atoms with van der Waals surface area (Å²) in [5, 5.41) is 3.15. The third-order valence-electron chi connectivity index (χ3n) is 7.35. The van der Waals surface area contributed by atoms with Gasteiger partial charge in [-0.05, 0) is 25.1 Å². The van der Waals surface area contributed by atoms with E-state index in [0.29, 0.717) is 11.3 Å². The molecule has 1 fully saturated rings. The molecule has 0 bridgehead atoms. The van der Waals surface area contributed by atoms with Gasteiger partial charge in [0.15, 0.2) is 8.32 Å². The van der Waals surface area contributed by atoms with Gasteiger partial charge < -0.3 is 19.2 Å². The number of hydrogen-bond acceptors (Lipinski definition) is 10. The van der Waals surface area contributed by atoms with Crippen molar-refractivity contribution < 1.29 is 47.5 Å². The standard InChI is InChI=1S/C29H45N3O10Si/c1-10-13-39-27(37)26(36)32-22(24(25(32)35)20(4)42-43(8,9)29(5,6)7)16-23(34)21(17-30-28(38)40-14-11-2)18-31(19-33)41-15-12-3/h10-12,19-22,24H,1-3,13-18H2,4-9H3,(H,30,38)/t20-,21?,22-,24-/m1/s1. The van der Waals surface area contributed by atoms with Gasteiger partial charge in [0.1, 0.15) is 19.0 Å². The fourth-order valence-corrected chi connectivity index (χ4v) is 5.53. The van der Waals surface area contributed by atoms with Crippen LogP contribution in [0.25, 0.3) is 0 Å². The maximum Gasteiger partial charge on any atom is 0.407 e. The lowest BCUT2D eigenvalue weighted by Gasteiger charge is -2.49. The number of likely N-dealkylation sites (tertiary alicyclic amines) is 1. The van der Waals surface area contributed by atoms with Crippen LogP contribution < -0.4 is 5.32 Å². The van der Waals surface area contributed by atoms with Crippen LogP contribution in [0.2, 0.25) is 18.1 Å². The molecule has 240 valence electrons. The van der Waals surface area contributed by atoms with Gasteiger partial charge in [-0.2, -0.15) is 0 Å². The van der Waals surface area contributed by atoms with Crippen LogP contribution in [-0.4, -0.2) is 99.4 Å². The van der Waals surface area contributed by atoms with Gasteiger partial charge in [0.2, 0.25) is 12.3 Å². The minimum Gasteiger partial charge on any atom is -0.454 e. The van der Waals surface area contributed by atoms with Gasteiger partial charge in [-0.3, -0.25) is 28.9 Å². The van der Waals surface area contributed by atoms with Crippen LogP contribution in [0, 0.1) is 11.8 Å². The van der Waals surface area contributed by atoms with Gasteiger partial charge in [0.05, 0.1) is 37.1 Å². The monoisotopic (exact) mass is 623 g/mol. The average molecular weight is 624 g/mol. The second kappa shape index (κ2) is 16.9. The van der Waals surface area contributed by atoms with E-state index in [1.807, 2.05) is 33.9 Å². The quantitative estimate of drug-likeness (QED) is 0.0458. The summed E-state index contributed by atoms with van der Waals surface area (Å²) in [5.41, 5.74) is 0. The molecule has 1 heterocycles. The number of esters is 1. The maximum absolute atomic E-state index is 13.7. The van der Waals surface area contributed by atoms with Crippen molar-refractivity contribution in [2.45, 2.75) is 64.4 Å². The summed E-state index contributed by atoms with van der Waals surface area (Å²) >= 11 is 0. The van der Waals surface area contributed by atoms with Crippen LogP contribution in [-0.2, 0) is 42.7 Å². The van der Waals surface area contributed by atoms with Crippen molar-refractivity contribution in [1.29, 1.82) is 0 Å². The predicted molar refractivity (Wildman–Crippen MR) is 160 cm³/mol. The first-order valence-corrected chi connectivity index (χ1v) is 16.8. The number of ketones is 1. The van der Waals surface area contributed by atoms with E-state index in [-0.39, 0.29) is 44.4 Å². The maximum atomic E-state index is 13.7. The van der Waals surface area contributed by atoms with E-state index < -0.39 is 62.0 Å². The number of nitrogens with zero attached hydrogens (tertiary/aromatic N) is 2. The van der Waals surface area contributed by atoms with Crippen LogP contribution in [0.5, 0.6) is 0 Å². The van der Waals surface area contributed by atoms with Gasteiger partial charge in [-0.25, -0.2) is 14.7 Å². The third-order valence-corrected chi connectivity index (χ3v) is 11.9.